The average molecular weight is 490 g/mol. The largest absolute Gasteiger partial charge is 0.485 e. The van der Waals surface area contributed by atoms with E-state index in [1.165, 1.54) is 10.9 Å². The molecule has 1 amide bonds. The first kappa shape index (κ1) is 23.1. The van der Waals surface area contributed by atoms with Crippen LogP contribution in [-0.2, 0) is 24.2 Å². The molecule has 180 valence electrons. The standard InChI is InChI=1S/C27H27N3O4S/c1-17-7-10-20(11-8-17)33-16-25(31)29-21-13-18(2)9-12-23(21)34-15-19-14-26(32)30-22-5-3-4-6-24(22)35-27(30)28-19/h7-14H,3-6,15-16H2,1-2H3,(H,29,31). The summed E-state index contributed by atoms with van der Waals surface area (Å²) < 4.78 is 13.3. The Kier molecular flexibility index (Phi) is 6.55. The number of hydrogen-bond acceptors (Lipinski definition) is 6. The maximum absolute atomic E-state index is 12.8. The molecule has 1 aliphatic carbocycles. The molecule has 1 aliphatic rings. The van der Waals surface area contributed by atoms with E-state index in [1.54, 1.807) is 21.8 Å². The van der Waals surface area contributed by atoms with E-state index in [4.69, 9.17) is 9.47 Å². The third kappa shape index (κ3) is 5.22. The molecule has 0 unspecified atom stereocenters. The van der Waals surface area contributed by atoms with Crippen LogP contribution in [0.1, 0.15) is 40.2 Å². The molecule has 2 aromatic heterocycles. The van der Waals surface area contributed by atoms with E-state index in [0.29, 0.717) is 27.8 Å². The summed E-state index contributed by atoms with van der Waals surface area (Å²) in [6.07, 6.45) is 4.19. The van der Waals surface area contributed by atoms with Gasteiger partial charge in [-0.15, -0.1) is 11.3 Å². The lowest BCUT2D eigenvalue weighted by Crippen LogP contribution is -2.21. The number of fused-ring (bicyclic) bond motifs is 3. The number of amides is 1. The van der Waals surface area contributed by atoms with Crippen molar-refractivity contribution in [1.29, 1.82) is 0 Å². The quantitative estimate of drug-likeness (QED) is 0.401. The third-order valence-electron chi connectivity index (χ3n) is 5.99. The van der Waals surface area contributed by atoms with E-state index in [1.807, 2.05) is 50.2 Å². The van der Waals surface area contributed by atoms with Crippen LogP contribution >= 0.6 is 11.3 Å². The van der Waals surface area contributed by atoms with Crippen LogP contribution in [0.4, 0.5) is 5.69 Å². The maximum atomic E-state index is 12.8. The molecule has 0 aliphatic heterocycles. The summed E-state index contributed by atoms with van der Waals surface area (Å²) in [7, 11) is 0. The zero-order valence-electron chi connectivity index (χ0n) is 19.8. The van der Waals surface area contributed by atoms with Crippen LogP contribution in [0.2, 0.25) is 0 Å². The Morgan fingerprint density at radius 3 is 2.63 bits per heavy atom. The lowest BCUT2D eigenvalue weighted by molar-refractivity contribution is -0.118. The van der Waals surface area contributed by atoms with Gasteiger partial charge in [-0.1, -0.05) is 23.8 Å². The number of anilines is 1. The van der Waals surface area contributed by atoms with Crippen LogP contribution in [0, 0.1) is 13.8 Å². The molecule has 0 fully saturated rings. The van der Waals surface area contributed by atoms with Crippen LogP contribution in [0.5, 0.6) is 11.5 Å². The van der Waals surface area contributed by atoms with Crippen molar-refractivity contribution in [2.45, 2.75) is 46.1 Å². The van der Waals surface area contributed by atoms with Gasteiger partial charge in [0.05, 0.1) is 11.4 Å². The molecule has 5 rings (SSSR count). The highest BCUT2D eigenvalue weighted by Crippen LogP contribution is 2.29. The fourth-order valence-corrected chi connectivity index (χ4v) is 5.44. The molecule has 0 saturated carbocycles. The summed E-state index contributed by atoms with van der Waals surface area (Å²) in [6.45, 7) is 3.94. The molecule has 7 nitrogen and oxygen atoms in total. The zero-order chi connectivity index (χ0) is 24.4. The highest BCUT2D eigenvalue weighted by Gasteiger charge is 2.19. The predicted octanol–water partition coefficient (Wildman–Crippen LogP) is 4.85. The van der Waals surface area contributed by atoms with Crippen molar-refractivity contribution in [1.82, 2.24) is 9.38 Å². The summed E-state index contributed by atoms with van der Waals surface area (Å²) in [5.74, 6) is 0.851. The first-order valence-corrected chi connectivity index (χ1v) is 12.5. The van der Waals surface area contributed by atoms with Gasteiger partial charge >= 0.3 is 0 Å². The van der Waals surface area contributed by atoms with Gasteiger partial charge in [0.2, 0.25) is 0 Å². The van der Waals surface area contributed by atoms with Gasteiger partial charge in [-0.05, 0) is 69.4 Å². The SMILES string of the molecule is Cc1ccc(OCC(=O)Nc2cc(C)ccc2OCc2cc(=O)n3c4c(sc3n2)CCCC4)cc1. The second kappa shape index (κ2) is 9.92. The molecule has 0 bridgehead atoms. The molecule has 0 saturated heterocycles. The average Bonchev–Trinajstić information content (AvgIpc) is 3.22. The molecule has 0 spiro atoms. The third-order valence-corrected chi connectivity index (χ3v) is 7.13. The van der Waals surface area contributed by atoms with Crippen molar-refractivity contribution < 1.29 is 14.3 Å². The van der Waals surface area contributed by atoms with Crippen LogP contribution < -0.4 is 20.3 Å². The van der Waals surface area contributed by atoms with Gasteiger partial charge in [-0.2, -0.15) is 0 Å². The minimum Gasteiger partial charge on any atom is -0.485 e. The van der Waals surface area contributed by atoms with Gasteiger partial charge in [0, 0.05) is 16.6 Å². The first-order valence-electron chi connectivity index (χ1n) is 11.7. The van der Waals surface area contributed by atoms with Crippen LogP contribution in [0.15, 0.2) is 53.3 Å². The molecule has 35 heavy (non-hydrogen) atoms. The van der Waals surface area contributed by atoms with E-state index >= 15 is 0 Å². The van der Waals surface area contributed by atoms with Crippen molar-refractivity contribution >= 4 is 27.9 Å². The minimum absolute atomic E-state index is 0.0707. The lowest BCUT2D eigenvalue weighted by Gasteiger charge is -2.14. The highest BCUT2D eigenvalue weighted by molar-refractivity contribution is 7.17. The molecule has 4 aromatic rings. The minimum atomic E-state index is -0.289. The zero-order valence-corrected chi connectivity index (χ0v) is 20.6. The Hall–Kier alpha value is -3.65. The number of nitrogens with one attached hydrogen (secondary N) is 1. The Balaban J connectivity index is 1.28. The fraction of sp³-hybridized carbons (Fsp3) is 0.296. The summed E-state index contributed by atoms with van der Waals surface area (Å²) in [5.41, 5.74) is 4.25. The second-order valence-corrected chi connectivity index (χ2v) is 9.88. The number of aromatic nitrogens is 2. The van der Waals surface area contributed by atoms with Crippen LogP contribution in [0.25, 0.3) is 4.96 Å². The van der Waals surface area contributed by atoms with Crippen molar-refractivity contribution in [3.8, 4) is 11.5 Å². The van der Waals surface area contributed by atoms with Gasteiger partial charge in [0.1, 0.15) is 18.1 Å². The normalized spacial score (nSPS) is 12.9. The van der Waals surface area contributed by atoms with Crippen molar-refractivity contribution in [3.63, 3.8) is 0 Å². The molecule has 1 N–H and O–H groups in total. The number of carbonyl (C=O) groups excluding carboxylic acids is 1. The van der Waals surface area contributed by atoms with Gasteiger partial charge in [-0.25, -0.2) is 4.98 Å². The second-order valence-electron chi connectivity index (χ2n) is 8.82. The molecular weight excluding hydrogens is 462 g/mol. The Morgan fingerprint density at radius 1 is 1.03 bits per heavy atom. The summed E-state index contributed by atoms with van der Waals surface area (Å²) in [4.78, 5) is 32.0. The Labute approximate surface area is 207 Å². The number of aryl methyl sites for hydroxylation is 4. The number of ether oxygens (including phenoxy) is 2. The Morgan fingerprint density at radius 2 is 1.80 bits per heavy atom. The van der Waals surface area contributed by atoms with Crippen LogP contribution in [-0.4, -0.2) is 21.9 Å². The van der Waals surface area contributed by atoms with Gasteiger partial charge in [0.15, 0.2) is 11.6 Å². The number of carbonyl (C=O) groups is 1. The number of rotatable bonds is 7. The molecular formula is C27H27N3O4S. The summed E-state index contributed by atoms with van der Waals surface area (Å²) >= 11 is 1.59. The number of thiazole rings is 1. The topological polar surface area (TPSA) is 81.9 Å². The molecule has 8 heteroatoms. The first-order chi connectivity index (χ1) is 17.0. The molecule has 2 heterocycles. The monoisotopic (exact) mass is 489 g/mol. The van der Waals surface area contributed by atoms with Gasteiger partial charge in [-0.3, -0.25) is 14.0 Å². The predicted molar refractivity (Wildman–Crippen MR) is 137 cm³/mol. The van der Waals surface area contributed by atoms with Crippen LogP contribution in [0.3, 0.4) is 0 Å². The van der Waals surface area contributed by atoms with E-state index in [-0.39, 0.29) is 24.7 Å². The van der Waals surface area contributed by atoms with Crippen molar-refractivity contribution in [2.24, 2.45) is 0 Å². The molecule has 0 atom stereocenters. The smallest absolute Gasteiger partial charge is 0.262 e. The van der Waals surface area contributed by atoms with Crippen molar-refractivity contribution in [2.75, 3.05) is 11.9 Å². The molecule has 2 aromatic carbocycles. The van der Waals surface area contributed by atoms with E-state index < -0.39 is 0 Å². The van der Waals surface area contributed by atoms with E-state index in [2.05, 4.69) is 10.3 Å². The van der Waals surface area contributed by atoms with E-state index in [0.717, 1.165) is 42.5 Å². The highest BCUT2D eigenvalue weighted by atomic mass is 32.1. The summed E-state index contributed by atoms with van der Waals surface area (Å²) in [6, 6.07) is 14.6. The van der Waals surface area contributed by atoms with Gasteiger partial charge < -0.3 is 14.8 Å². The van der Waals surface area contributed by atoms with Crippen molar-refractivity contribution in [3.05, 3.63) is 86.3 Å². The fourth-order valence-electron chi connectivity index (χ4n) is 4.20. The summed E-state index contributed by atoms with van der Waals surface area (Å²) in [5, 5.41) is 2.87. The van der Waals surface area contributed by atoms with Gasteiger partial charge in [0.25, 0.3) is 11.5 Å². The number of nitrogens with zero attached hydrogens (tertiary/aromatic N) is 2. The molecule has 0 radical (unpaired) electrons. The number of benzene rings is 2. The lowest BCUT2D eigenvalue weighted by atomic mass is 10.0. The maximum Gasteiger partial charge on any atom is 0.262 e. The van der Waals surface area contributed by atoms with E-state index in [9.17, 15) is 9.59 Å². The Bertz CT molecular complexity index is 1440. The number of hydrogen-bond donors (Lipinski definition) is 1.